The minimum Gasteiger partial charge on any atom is -0.345 e. The topological polar surface area (TPSA) is 69.7 Å². The molecule has 1 aliphatic rings. The Morgan fingerprint density at radius 1 is 1.35 bits per heavy atom. The molecule has 128 valence electrons. The van der Waals surface area contributed by atoms with Gasteiger partial charge in [0.25, 0.3) is 5.91 Å². The molecule has 1 aromatic carbocycles. The van der Waals surface area contributed by atoms with Crippen LogP contribution >= 0.6 is 0 Å². The third-order valence-corrected chi connectivity index (χ3v) is 5.93. The van der Waals surface area contributed by atoms with Gasteiger partial charge in [0.05, 0.1) is 4.90 Å². The van der Waals surface area contributed by atoms with E-state index < -0.39 is 10.0 Å². The van der Waals surface area contributed by atoms with E-state index in [4.69, 9.17) is 0 Å². The summed E-state index contributed by atoms with van der Waals surface area (Å²) < 4.78 is 27.6. The highest BCUT2D eigenvalue weighted by Crippen LogP contribution is 2.22. The molecule has 6 nitrogen and oxygen atoms in total. The molecule has 1 saturated heterocycles. The molecule has 1 N–H and O–H groups in total. The maximum Gasteiger partial charge on any atom is 0.253 e. The lowest BCUT2D eigenvalue weighted by Crippen LogP contribution is -2.42. The summed E-state index contributed by atoms with van der Waals surface area (Å²) in [7, 11) is -0.306. The largest absolute Gasteiger partial charge is 0.345 e. The fraction of sp³-hybridized carbons (Fsp3) is 0.562. The number of benzene rings is 1. The van der Waals surface area contributed by atoms with Gasteiger partial charge in [0.2, 0.25) is 10.0 Å². The molecule has 7 heteroatoms. The third-order valence-electron chi connectivity index (χ3n) is 3.98. The lowest BCUT2D eigenvalue weighted by molar-refractivity contribution is 0.0827. The fourth-order valence-electron chi connectivity index (χ4n) is 2.79. The molecule has 23 heavy (non-hydrogen) atoms. The second kappa shape index (κ2) is 7.42. The maximum absolute atomic E-state index is 13.0. The van der Waals surface area contributed by atoms with E-state index in [2.05, 4.69) is 5.32 Å². The Labute approximate surface area is 138 Å². The zero-order valence-electron chi connectivity index (χ0n) is 13.9. The fourth-order valence-corrected chi connectivity index (χ4v) is 4.58. The third kappa shape index (κ3) is 3.91. The van der Waals surface area contributed by atoms with Crippen LogP contribution < -0.4 is 5.32 Å². The van der Waals surface area contributed by atoms with Crippen molar-refractivity contribution in [3.8, 4) is 0 Å². The molecule has 0 aromatic heterocycles. The maximum atomic E-state index is 13.0. The van der Waals surface area contributed by atoms with E-state index in [1.54, 1.807) is 36.6 Å². The van der Waals surface area contributed by atoms with Crippen molar-refractivity contribution in [3.63, 3.8) is 0 Å². The zero-order valence-corrected chi connectivity index (χ0v) is 14.8. The number of carbonyl (C=O) groups excluding carboxylic acids is 1. The summed E-state index contributed by atoms with van der Waals surface area (Å²) >= 11 is 0. The van der Waals surface area contributed by atoms with E-state index in [9.17, 15) is 13.2 Å². The molecule has 0 spiro atoms. The molecule has 1 amide bonds. The molecule has 1 aromatic rings. The average Bonchev–Trinajstić information content (AvgIpc) is 3.05. The highest BCUT2D eigenvalue weighted by atomic mass is 32.2. The molecule has 1 fully saturated rings. The normalized spacial score (nSPS) is 18.3. The van der Waals surface area contributed by atoms with Crippen molar-refractivity contribution in [1.29, 1.82) is 0 Å². The predicted octanol–water partition coefficient (Wildman–Crippen LogP) is 1.15. The van der Waals surface area contributed by atoms with Crippen LogP contribution in [0.25, 0.3) is 0 Å². The van der Waals surface area contributed by atoms with Crippen LogP contribution in [0.15, 0.2) is 29.2 Å². The van der Waals surface area contributed by atoms with Crippen molar-refractivity contribution in [2.24, 2.45) is 0 Å². The first-order valence-electron chi connectivity index (χ1n) is 7.92. The van der Waals surface area contributed by atoms with Crippen LogP contribution in [0.2, 0.25) is 0 Å². The van der Waals surface area contributed by atoms with E-state index >= 15 is 0 Å². The quantitative estimate of drug-likeness (QED) is 0.844. The lowest BCUT2D eigenvalue weighted by atomic mass is 10.2. The van der Waals surface area contributed by atoms with Crippen LogP contribution in [0.4, 0.5) is 0 Å². The summed E-state index contributed by atoms with van der Waals surface area (Å²) in [4.78, 5) is 13.7. The Balaban J connectivity index is 2.37. The highest BCUT2D eigenvalue weighted by molar-refractivity contribution is 7.89. The number of nitrogens with one attached hydrogen (secondary N) is 1. The van der Waals surface area contributed by atoms with Crippen molar-refractivity contribution in [2.45, 2.75) is 30.7 Å². The summed E-state index contributed by atoms with van der Waals surface area (Å²) in [5.74, 6) is -0.202. The smallest absolute Gasteiger partial charge is 0.253 e. The van der Waals surface area contributed by atoms with Gasteiger partial charge in [-0.05, 0) is 37.6 Å². The van der Waals surface area contributed by atoms with Crippen LogP contribution in [0.3, 0.4) is 0 Å². The molecule has 0 aliphatic carbocycles. The molecular weight excluding hydrogens is 314 g/mol. The van der Waals surface area contributed by atoms with Gasteiger partial charge in [0.15, 0.2) is 0 Å². The summed E-state index contributed by atoms with van der Waals surface area (Å²) in [5, 5.41) is 3.21. The number of hydrogen-bond donors (Lipinski definition) is 1. The van der Waals surface area contributed by atoms with Crippen molar-refractivity contribution in [3.05, 3.63) is 29.8 Å². The van der Waals surface area contributed by atoms with Gasteiger partial charge in [-0.2, -0.15) is 4.31 Å². The molecule has 1 heterocycles. The molecule has 1 unspecified atom stereocenters. The Hall–Kier alpha value is -1.44. The van der Waals surface area contributed by atoms with Crippen LogP contribution in [-0.4, -0.2) is 63.3 Å². The minimum atomic E-state index is -3.61. The summed E-state index contributed by atoms with van der Waals surface area (Å²) in [5.41, 5.74) is 0.386. The van der Waals surface area contributed by atoms with Gasteiger partial charge in [0.1, 0.15) is 0 Å². The average molecular weight is 339 g/mol. The highest BCUT2D eigenvalue weighted by Gasteiger charge is 2.32. The Kier molecular flexibility index (Phi) is 5.78. The minimum absolute atomic E-state index is 0.0202. The van der Waals surface area contributed by atoms with Gasteiger partial charge in [-0.3, -0.25) is 4.79 Å². The number of rotatable bonds is 6. The molecule has 0 radical (unpaired) electrons. The van der Waals surface area contributed by atoms with Gasteiger partial charge in [-0.25, -0.2) is 8.42 Å². The molecule has 1 aliphatic heterocycles. The number of nitrogens with zero attached hydrogens (tertiary/aromatic N) is 2. The number of hydrogen-bond acceptors (Lipinski definition) is 4. The van der Waals surface area contributed by atoms with E-state index in [1.165, 1.54) is 11.0 Å². The first-order chi connectivity index (χ1) is 10.9. The van der Waals surface area contributed by atoms with E-state index in [0.717, 1.165) is 19.4 Å². The van der Waals surface area contributed by atoms with Gasteiger partial charge in [-0.1, -0.05) is 13.0 Å². The van der Waals surface area contributed by atoms with Crippen molar-refractivity contribution in [1.82, 2.24) is 14.5 Å². The molecule has 0 bridgehead atoms. The second-order valence-electron chi connectivity index (χ2n) is 5.99. The molecule has 1 atom stereocenters. The lowest BCUT2D eigenvalue weighted by Gasteiger charge is -2.27. The van der Waals surface area contributed by atoms with Crippen molar-refractivity contribution >= 4 is 15.9 Å². The standard InChI is InChI=1S/C16H25N3O3S/c1-4-10-19(14-8-9-17-12-14)23(21,22)15-7-5-6-13(11-15)16(20)18(2)3/h5-7,11,14,17H,4,8-10,12H2,1-3H3. The van der Waals surface area contributed by atoms with E-state index in [0.29, 0.717) is 18.7 Å². The van der Waals surface area contributed by atoms with Gasteiger partial charge in [-0.15, -0.1) is 0 Å². The molecular formula is C16H25N3O3S. The second-order valence-corrected chi connectivity index (χ2v) is 7.88. The van der Waals surface area contributed by atoms with Crippen molar-refractivity contribution < 1.29 is 13.2 Å². The van der Waals surface area contributed by atoms with Gasteiger partial charge >= 0.3 is 0 Å². The molecule has 0 saturated carbocycles. The van der Waals surface area contributed by atoms with Gasteiger partial charge < -0.3 is 10.2 Å². The first-order valence-corrected chi connectivity index (χ1v) is 9.36. The monoisotopic (exact) mass is 339 g/mol. The van der Waals surface area contributed by atoms with Crippen LogP contribution in [0, 0.1) is 0 Å². The van der Waals surface area contributed by atoms with E-state index in [-0.39, 0.29) is 16.8 Å². The Morgan fingerprint density at radius 2 is 2.09 bits per heavy atom. The molecule has 2 rings (SSSR count). The number of amides is 1. The SMILES string of the molecule is CCCN(C1CCNC1)S(=O)(=O)c1cccc(C(=O)N(C)C)c1. The Morgan fingerprint density at radius 3 is 2.65 bits per heavy atom. The zero-order chi connectivity index (χ0) is 17.0. The Bertz CT molecular complexity index is 652. The van der Waals surface area contributed by atoms with Crippen LogP contribution in [0.1, 0.15) is 30.1 Å². The summed E-state index contributed by atoms with van der Waals surface area (Å²) in [6.07, 6.45) is 1.57. The van der Waals surface area contributed by atoms with Crippen LogP contribution in [0.5, 0.6) is 0 Å². The van der Waals surface area contributed by atoms with Crippen molar-refractivity contribution in [2.75, 3.05) is 33.7 Å². The predicted molar refractivity (Wildman–Crippen MR) is 89.9 cm³/mol. The first kappa shape index (κ1) is 17.9. The van der Waals surface area contributed by atoms with E-state index in [1.807, 2.05) is 6.92 Å². The van der Waals surface area contributed by atoms with Gasteiger partial charge in [0, 0.05) is 38.8 Å². The van der Waals surface area contributed by atoms with Crippen LogP contribution in [-0.2, 0) is 10.0 Å². The number of sulfonamides is 1. The summed E-state index contributed by atoms with van der Waals surface area (Å²) in [6, 6.07) is 6.28. The summed E-state index contributed by atoms with van der Waals surface area (Å²) in [6.45, 7) is 3.96. The number of carbonyl (C=O) groups is 1.